The lowest BCUT2D eigenvalue weighted by atomic mass is 10.1. The number of carboxylic acid groups (broad SMARTS) is 1. The Morgan fingerprint density at radius 2 is 1.93 bits per heavy atom. The van der Waals surface area contributed by atoms with E-state index in [-0.39, 0.29) is 18.8 Å². The second-order valence-electron chi connectivity index (χ2n) is 3.31. The average Bonchev–Trinajstić information content (AvgIpc) is 2.15. The molecule has 0 saturated heterocycles. The predicted octanol–water partition coefficient (Wildman–Crippen LogP) is 1.98. The number of benzene rings is 1. The number of rotatable bonds is 5. The van der Waals surface area contributed by atoms with Gasteiger partial charge in [-0.25, -0.2) is 0 Å². The van der Waals surface area contributed by atoms with E-state index in [4.69, 9.17) is 5.11 Å². The molecule has 4 heteroatoms. The van der Waals surface area contributed by atoms with Crippen LogP contribution in [0.4, 0.5) is 0 Å². The maximum Gasteiger partial charge on any atom is 0.304 e. The summed E-state index contributed by atoms with van der Waals surface area (Å²) in [6, 6.07) is 8.19. The fourth-order valence-corrected chi connectivity index (χ4v) is 1.13. The molecule has 1 aromatic rings. The largest absolute Gasteiger partial charge is 0.481 e. The summed E-state index contributed by atoms with van der Waals surface area (Å²) in [6.07, 6.45) is 0.172. The Morgan fingerprint density at radius 1 is 1.33 bits per heavy atom. The topological polar surface area (TPSA) is 49.3 Å². The molecule has 0 aliphatic carbocycles. The van der Waals surface area contributed by atoms with Crippen LogP contribution in [0.5, 0.6) is 0 Å². The Balaban J connectivity index is 0.00000196. The van der Waals surface area contributed by atoms with Gasteiger partial charge in [0.25, 0.3) is 0 Å². The number of aliphatic carboxylic acids is 1. The molecule has 1 rings (SSSR count). The van der Waals surface area contributed by atoms with Crippen LogP contribution >= 0.6 is 12.4 Å². The molecule has 0 saturated carbocycles. The van der Waals surface area contributed by atoms with Crippen LogP contribution in [0, 0.1) is 6.92 Å². The number of hydrogen-bond donors (Lipinski definition) is 2. The zero-order chi connectivity index (χ0) is 10.4. The molecule has 0 aliphatic heterocycles. The van der Waals surface area contributed by atoms with Gasteiger partial charge in [-0.1, -0.05) is 29.8 Å². The van der Waals surface area contributed by atoms with E-state index < -0.39 is 5.97 Å². The average molecular weight is 230 g/mol. The number of carbonyl (C=O) groups is 1. The molecule has 1 aromatic carbocycles. The van der Waals surface area contributed by atoms with Gasteiger partial charge in [-0.2, -0.15) is 0 Å². The van der Waals surface area contributed by atoms with E-state index in [0.29, 0.717) is 6.54 Å². The van der Waals surface area contributed by atoms with Crippen molar-refractivity contribution in [2.45, 2.75) is 19.9 Å². The second kappa shape index (κ2) is 7.26. The highest BCUT2D eigenvalue weighted by atomic mass is 35.5. The van der Waals surface area contributed by atoms with E-state index in [1.807, 2.05) is 31.2 Å². The molecule has 0 atom stereocenters. The third-order valence-corrected chi connectivity index (χ3v) is 1.97. The summed E-state index contributed by atoms with van der Waals surface area (Å²) >= 11 is 0. The van der Waals surface area contributed by atoms with Crippen molar-refractivity contribution in [3.05, 3.63) is 35.4 Å². The Kier molecular flexibility index (Phi) is 6.75. The lowest BCUT2D eigenvalue weighted by Gasteiger charge is -2.03. The highest BCUT2D eigenvalue weighted by molar-refractivity contribution is 5.85. The minimum Gasteiger partial charge on any atom is -0.481 e. The molecule has 0 aliphatic rings. The van der Waals surface area contributed by atoms with Crippen LogP contribution in [-0.2, 0) is 11.3 Å². The molecular formula is C11H16ClNO2. The summed E-state index contributed by atoms with van der Waals surface area (Å²) in [5, 5.41) is 11.5. The SMILES string of the molecule is Cc1ccc(CNCCC(=O)O)cc1.Cl. The fraction of sp³-hybridized carbons (Fsp3) is 0.364. The lowest BCUT2D eigenvalue weighted by molar-refractivity contribution is -0.136. The van der Waals surface area contributed by atoms with Crippen LogP contribution < -0.4 is 5.32 Å². The van der Waals surface area contributed by atoms with Crippen molar-refractivity contribution in [3.63, 3.8) is 0 Å². The van der Waals surface area contributed by atoms with Crippen LogP contribution in [0.3, 0.4) is 0 Å². The standard InChI is InChI=1S/C11H15NO2.ClH/c1-9-2-4-10(5-3-9)8-12-7-6-11(13)14;/h2-5,12H,6-8H2,1H3,(H,13,14);1H. The van der Waals surface area contributed by atoms with Crippen LogP contribution in [0.25, 0.3) is 0 Å². The smallest absolute Gasteiger partial charge is 0.304 e. The van der Waals surface area contributed by atoms with Gasteiger partial charge >= 0.3 is 5.97 Å². The van der Waals surface area contributed by atoms with Crippen LogP contribution in [-0.4, -0.2) is 17.6 Å². The van der Waals surface area contributed by atoms with Gasteiger partial charge in [-0.3, -0.25) is 4.79 Å². The molecule has 0 bridgehead atoms. The second-order valence-corrected chi connectivity index (χ2v) is 3.31. The minimum atomic E-state index is -0.763. The van der Waals surface area contributed by atoms with Gasteiger partial charge in [0, 0.05) is 13.1 Å². The zero-order valence-electron chi connectivity index (χ0n) is 8.69. The van der Waals surface area contributed by atoms with E-state index in [2.05, 4.69) is 5.32 Å². The third kappa shape index (κ3) is 6.10. The predicted molar refractivity (Wildman–Crippen MR) is 62.4 cm³/mol. The lowest BCUT2D eigenvalue weighted by Crippen LogP contribution is -2.17. The number of nitrogens with one attached hydrogen (secondary N) is 1. The minimum absolute atomic E-state index is 0. The number of aryl methyl sites for hydroxylation is 1. The molecular weight excluding hydrogens is 214 g/mol. The van der Waals surface area contributed by atoms with Crippen molar-refractivity contribution in [2.24, 2.45) is 0 Å². The quantitative estimate of drug-likeness (QED) is 0.760. The van der Waals surface area contributed by atoms with E-state index in [1.54, 1.807) is 0 Å². The molecule has 0 spiro atoms. The molecule has 0 aromatic heterocycles. The van der Waals surface area contributed by atoms with Gasteiger partial charge in [0.15, 0.2) is 0 Å². The van der Waals surface area contributed by atoms with Gasteiger partial charge in [0.05, 0.1) is 6.42 Å². The summed E-state index contributed by atoms with van der Waals surface area (Å²) in [5.74, 6) is -0.763. The monoisotopic (exact) mass is 229 g/mol. The van der Waals surface area contributed by atoms with Gasteiger partial charge in [-0.15, -0.1) is 12.4 Å². The van der Waals surface area contributed by atoms with E-state index >= 15 is 0 Å². The zero-order valence-corrected chi connectivity index (χ0v) is 9.51. The van der Waals surface area contributed by atoms with Gasteiger partial charge in [0.2, 0.25) is 0 Å². The van der Waals surface area contributed by atoms with Crippen LogP contribution in [0.15, 0.2) is 24.3 Å². The van der Waals surface area contributed by atoms with Crippen molar-refractivity contribution < 1.29 is 9.90 Å². The van der Waals surface area contributed by atoms with Crippen molar-refractivity contribution in [1.82, 2.24) is 5.32 Å². The summed E-state index contributed by atoms with van der Waals surface area (Å²) in [6.45, 7) is 3.29. The number of halogens is 1. The molecule has 3 nitrogen and oxygen atoms in total. The molecule has 2 N–H and O–H groups in total. The maximum atomic E-state index is 10.2. The Hall–Kier alpha value is -1.06. The van der Waals surface area contributed by atoms with Crippen molar-refractivity contribution in [1.29, 1.82) is 0 Å². The molecule has 84 valence electrons. The Labute approximate surface area is 95.9 Å². The fourth-order valence-electron chi connectivity index (χ4n) is 1.13. The van der Waals surface area contributed by atoms with E-state index in [0.717, 1.165) is 6.54 Å². The molecule has 0 radical (unpaired) electrons. The summed E-state index contributed by atoms with van der Waals surface area (Å²) in [7, 11) is 0. The molecule has 15 heavy (non-hydrogen) atoms. The Bertz CT molecular complexity index is 298. The van der Waals surface area contributed by atoms with Gasteiger partial charge in [-0.05, 0) is 12.5 Å². The molecule has 0 unspecified atom stereocenters. The Morgan fingerprint density at radius 3 is 2.47 bits per heavy atom. The van der Waals surface area contributed by atoms with Crippen molar-refractivity contribution in [3.8, 4) is 0 Å². The first-order valence-electron chi connectivity index (χ1n) is 4.66. The third-order valence-electron chi connectivity index (χ3n) is 1.97. The number of hydrogen-bond acceptors (Lipinski definition) is 2. The summed E-state index contributed by atoms with van der Waals surface area (Å²) in [4.78, 5) is 10.2. The highest BCUT2D eigenvalue weighted by Gasteiger charge is 1.96. The van der Waals surface area contributed by atoms with Crippen molar-refractivity contribution >= 4 is 18.4 Å². The van der Waals surface area contributed by atoms with E-state index in [1.165, 1.54) is 11.1 Å². The normalized spacial score (nSPS) is 9.40. The summed E-state index contributed by atoms with van der Waals surface area (Å²) < 4.78 is 0. The molecule has 0 fully saturated rings. The van der Waals surface area contributed by atoms with Crippen LogP contribution in [0.1, 0.15) is 17.5 Å². The summed E-state index contributed by atoms with van der Waals surface area (Å²) in [5.41, 5.74) is 2.42. The number of carboxylic acids is 1. The maximum absolute atomic E-state index is 10.2. The van der Waals surface area contributed by atoms with Crippen molar-refractivity contribution in [2.75, 3.05) is 6.54 Å². The first kappa shape index (κ1) is 13.9. The van der Waals surface area contributed by atoms with Crippen LogP contribution in [0.2, 0.25) is 0 Å². The van der Waals surface area contributed by atoms with E-state index in [9.17, 15) is 4.79 Å². The first-order chi connectivity index (χ1) is 6.68. The van der Waals surface area contributed by atoms with Gasteiger partial charge in [0.1, 0.15) is 0 Å². The first-order valence-corrected chi connectivity index (χ1v) is 4.66. The molecule has 0 heterocycles. The highest BCUT2D eigenvalue weighted by Crippen LogP contribution is 2.02. The molecule has 0 amide bonds. The van der Waals surface area contributed by atoms with Gasteiger partial charge < -0.3 is 10.4 Å².